The number of carboxylic acid groups (broad SMARTS) is 1. The highest BCUT2D eigenvalue weighted by Gasteiger charge is 2.32. The maximum atomic E-state index is 11.6. The quantitative estimate of drug-likeness (QED) is 0.638. The van der Waals surface area contributed by atoms with Crippen molar-refractivity contribution in [2.75, 3.05) is 11.6 Å². The Balaban J connectivity index is 1.82. The fourth-order valence-corrected chi connectivity index (χ4v) is 3.42. The minimum absolute atomic E-state index is 0.0357. The molecule has 0 bridgehead atoms. The Bertz CT molecular complexity index is 1060. The first-order chi connectivity index (χ1) is 13.5. The van der Waals surface area contributed by atoms with Crippen molar-refractivity contribution in [3.8, 4) is 0 Å². The van der Waals surface area contributed by atoms with E-state index in [1.54, 1.807) is 17.1 Å². The molecule has 0 saturated carbocycles. The highest BCUT2D eigenvalue weighted by Crippen LogP contribution is 2.33. The third-order valence-corrected chi connectivity index (χ3v) is 4.90. The van der Waals surface area contributed by atoms with Crippen LogP contribution in [0.1, 0.15) is 27.4 Å². The van der Waals surface area contributed by atoms with Crippen molar-refractivity contribution in [2.24, 2.45) is 5.10 Å². The average molecular weight is 413 g/mol. The molecule has 2 aromatic carbocycles. The molecule has 0 radical (unpaired) electrons. The largest absolute Gasteiger partial charge is 0.477 e. The van der Waals surface area contributed by atoms with Crippen LogP contribution in [-0.4, -0.2) is 33.3 Å². The van der Waals surface area contributed by atoms with E-state index < -0.39 is 5.97 Å². The molecule has 1 aliphatic heterocycles. The van der Waals surface area contributed by atoms with Gasteiger partial charge in [-0.15, -0.1) is 0 Å². The van der Waals surface area contributed by atoms with Gasteiger partial charge < -0.3 is 5.11 Å². The van der Waals surface area contributed by atoms with E-state index >= 15 is 0 Å². The van der Waals surface area contributed by atoms with E-state index in [0.717, 1.165) is 16.8 Å². The van der Waals surface area contributed by atoms with Crippen LogP contribution in [0.5, 0.6) is 0 Å². The average Bonchev–Trinajstić information content (AvgIpc) is 3.14. The first-order valence-electron chi connectivity index (χ1n) is 8.45. The highest BCUT2D eigenvalue weighted by molar-refractivity contribution is 6.30. The number of carboxylic acids is 1. The number of benzene rings is 2. The van der Waals surface area contributed by atoms with Gasteiger partial charge in [0.2, 0.25) is 5.28 Å². The molecule has 1 aliphatic rings. The number of hydrogen-bond acceptors (Lipinski definition) is 5. The Hall–Kier alpha value is -2.96. The van der Waals surface area contributed by atoms with Crippen LogP contribution in [0.3, 0.4) is 0 Å². The lowest BCUT2D eigenvalue weighted by Crippen LogP contribution is -2.21. The van der Waals surface area contributed by atoms with Gasteiger partial charge in [0.25, 0.3) is 0 Å². The number of rotatable bonds is 4. The van der Waals surface area contributed by atoms with Gasteiger partial charge >= 0.3 is 5.97 Å². The van der Waals surface area contributed by atoms with Gasteiger partial charge in [-0.25, -0.2) is 14.8 Å². The van der Waals surface area contributed by atoms with Gasteiger partial charge in [-0.2, -0.15) is 10.1 Å². The van der Waals surface area contributed by atoms with Gasteiger partial charge in [0.1, 0.15) is 5.56 Å². The fourth-order valence-electron chi connectivity index (χ4n) is 3.16. The number of hydrazone groups is 1. The molecular weight excluding hydrogens is 399 g/mol. The number of nitrogens with zero attached hydrogens (tertiary/aromatic N) is 4. The summed E-state index contributed by atoms with van der Waals surface area (Å²) in [6.45, 7) is 0.426. The number of carbonyl (C=O) groups is 1. The molecule has 0 saturated heterocycles. The van der Waals surface area contributed by atoms with E-state index in [0.29, 0.717) is 11.6 Å². The molecule has 0 spiro atoms. The standard InChI is InChI=1S/C20H14Cl2N4O2/c21-14-8-6-13(7-9-14)17-16(12-4-2-1-3-5-12)11-26(25-17)18-15(19(27)28)10-23-20(22)24-18/h1-10,16H,11H2,(H,27,28). The van der Waals surface area contributed by atoms with Crippen LogP contribution in [0.2, 0.25) is 10.3 Å². The van der Waals surface area contributed by atoms with Crippen LogP contribution < -0.4 is 5.01 Å². The summed E-state index contributed by atoms with van der Waals surface area (Å²) < 4.78 is 0. The second-order valence-corrected chi connectivity index (χ2v) is 6.99. The fraction of sp³-hybridized carbons (Fsp3) is 0.100. The summed E-state index contributed by atoms with van der Waals surface area (Å²) in [6.07, 6.45) is 1.19. The van der Waals surface area contributed by atoms with Crippen LogP contribution in [0, 0.1) is 0 Å². The van der Waals surface area contributed by atoms with Crippen molar-refractivity contribution in [3.63, 3.8) is 0 Å². The summed E-state index contributed by atoms with van der Waals surface area (Å²) in [4.78, 5) is 19.5. The Morgan fingerprint density at radius 1 is 1.07 bits per heavy atom. The Labute approximate surface area is 171 Å². The third kappa shape index (κ3) is 3.56. The molecule has 140 valence electrons. The maximum Gasteiger partial charge on any atom is 0.341 e. The van der Waals surface area contributed by atoms with Gasteiger partial charge in [-0.05, 0) is 34.9 Å². The number of anilines is 1. The van der Waals surface area contributed by atoms with Gasteiger partial charge in [0.15, 0.2) is 5.82 Å². The van der Waals surface area contributed by atoms with Gasteiger partial charge in [0.05, 0.1) is 12.3 Å². The lowest BCUT2D eigenvalue weighted by atomic mass is 9.91. The van der Waals surface area contributed by atoms with E-state index in [1.165, 1.54) is 6.20 Å². The molecule has 0 fully saturated rings. The summed E-state index contributed by atoms with van der Waals surface area (Å²) in [7, 11) is 0. The van der Waals surface area contributed by atoms with Crippen molar-refractivity contribution < 1.29 is 9.90 Å². The summed E-state index contributed by atoms with van der Waals surface area (Å²) in [6, 6.07) is 17.3. The number of aromatic carboxylic acids is 1. The summed E-state index contributed by atoms with van der Waals surface area (Å²) in [5.41, 5.74) is 2.71. The van der Waals surface area contributed by atoms with Crippen LogP contribution >= 0.6 is 23.2 Å². The maximum absolute atomic E-state index is 11.6. The number of hydrogen-bond donors (Lipinski definition) is 1. The predicted molar refractivity (Wildman–Crippen MR) is 109 cm³/mol. The van der Waals surface area contributed by atoms with Crippen molar-refractivity contribution >= 4 is 40.7 Å². The van der Waals surface area contributed by atoms with E-state index in [4.69, 9.17) is 28.3 Å². The monoisotopic (exact) mass is 412 g/mol. The van der Waals surface area contributed by atoms with Gasteiger partial charge in [0, 0.05) is 17.1 Å². The topological polar surface area (TPSA) is 78.7 Å². The number of halogens is 2. The highest BCUT2D eigenvalue weighted by atomic mass is 35.5. The zero-order valence-electron chi connectivity index (χ0n) is 14.5. The smallest absolute Gasteiger partial charge is 0.341 e. The van der Waals surface area contributed by atoms with Crippen molar-refractivity contribution in [3.05, 3.63) is 87.8 Å². The van der Waals surface area contributed by atoms with E-state index in [9.17, 15) is 9.90 Å². The molecule has 0 amide bonds. The minimum Gasteiger partial charge on any atom is -0.477 e. The first kappa shape index (κ1) is 18.4. The molecule has 1 N–H and O–H groups in total. The Kier molecular flexibility index (Phi) is 4.98. The lowest BCUT2D eigenvalue weighted by Gasteiger charge is -2.17. The Morgan fingerprint density at radius 2 is 1.79 bits per heavy atom. The van der Waals surface area contributed by atoms with Gasteiger partial charge in [-0.3, -0.25) is 0 Å². The molecule has 1 atom stereocenters. The molecule has 2 heterocycles. The molecule has 4 rings (SSSR count). The molecule has 8 heteroatoms. The van der Waals surface area contributed by atoms with Gasteiger partial charge in [-0.1, -0.05) is 54.1 Å². The zero-order valence-corrected chi connectivity index (χ0v) is 16.0. The van der Waals surface area contributed by atoms with E-state index in [2.05, 4.69) is 9.97 Å². The third-order valence-electron chi connectivity index (χ3n) is 4.47. The van der Waals surface area contributed by atoms with Crippen LogP contribution in [0.4, 0.5) is 5.82 Å². The molecule has 1 unspecified atom stereocenters. The molecule has 0 aliphatic carbocycles. The second kappa shape index (κ2) is 7.58. The van der Waals surface area contributed by atoms with Crippen molar-refractivity contribution in [1.82, 2.24) is 9.97 Å². The molecule has 28 heavy (non-hydrogen) atoms. The van der Waals surface area contributed by atoms with Crippen LogP contribution in [-0.2, 0) is 0 Å². The van der Waals surface area contributed by atoms with Crippen LogP contribution in [0.15, 0.2) is 65.9 Å². The molecule has 1 aromatic heterocycles. The zero-order chi connectivity index (χ0) is 19.7. The van der Waals surface area contributed by atoms with Crippen molar-refractivity contribution in [2.45, 2.75) is 5.92 Å². The second-order valence-electron chi connectivity index (χ2n) is 6.22. The normalized spacial score (nSPS) is 16.1. The van der Waals surface area contributed by atoms with E-state index in [-0.39, 0.29) is 22.6 Å². The summed E-state index contributed by atoms with van der Waals surface area (Å²) >= 11 is 11.9. The summed E-state index contributed by atoms with van der Waals surface area (Å²) in [5.74, 6) is -1.05. The van der Waals surface area contributed by atoms with Crippen LogP contribution in [0.25, 0.3) is 0 Å². The van der Waals surface area contributed by atoms with E-state index in [1.807, 2.05) is 42.5 Å². The summed E-state index contributed by atoms with van der Waals surface area (Å²) in [5, 5.41) is 16.4. The minimum atomic E-state index is -1.14. The number of aromatic nitrogens is 2. The lowest BCUT2D eigenvalue weighted by molar-refractivity contribution is 0.0696. The van der Waals surface area contributed by atoms with Crippen molar-refractivity contribution in [1.29, 1.82) is 0 Å². The molecular formula is C20H14Cl2N4O2. The molecule has 3 aromatic rings. The predicted octanol–water partition coefficient (Wildman–Crippen LogP) is 4.49. The SMILES string of the molecule is O=C(O)c1cnc(Cl)nc1N1CC(c2ccccc2)C(c2ccc(Cl)cc2)=N1. The molecule has 6 nitrogen and oxygen atoms in total. The first-order valence-corrected chi connectivity index (χ1v) is 9.21. The Morgan fingerprint density at radius 3 is 2.46 bits per heavy atom.